The molecule has 186 valence electrons. The highest BCUT2D eigenvalue weighted by Crippen LogP contribution is 2.49. The topological polar surface area (TPSA) is 42.0 Å². The molecule has 5 rings (SSSR count). The third-order valence-electron chi connectivity index (χ3n) is 7.39. The summed E-state index contributed by atoms with van der Waals surface area (Å²) in [5, 5.41) is 0. The zero-order valence-electron chi connectivity index (χ0n) is 19.8. The van der Waals surface area contributed by atoms with Crippen molar-refractivity contribution in [3.05, 3.63) is 65.4 Å². The minimum absolute atomic E-state index is 0.0195. The first kappa shape index (κ1) is 23.6. The van der Waals surface area contributed by atoms with Crippen LogP contribution in [0.25, 0.3) is 0 Å². The highest BCUT2D eigenvalue weighted by Gasteiger charge is 2.40. The highest BCUT2D eigenvalue weighted by molar-refractivity contribution is 5.97. The van der Waals surface area contributed by atoms with Gasteiger partial charge in [0.2, 0.25) is 12.7 Å². The number of carbonyl (C=O) groups is 1. The summed E-state index contributed by atoms with van der Waals surface area (Å²) >= 11 is 0. The maximum Gasteiger partial charge on any atom is 0.412 e. The number of hydrogen-bond donors (Lipinski definition) is 0. The predicted octanol–water partition coefficient (Wildman–Crippen LogP) is 6.00. The van der Waals surface area contributed by atoms with Crippen LogP contribution in [0.4, 0.5) is 18.9 Å². The smallest absolute Gasteiger partial charge is 0.412 e. The van der Waals surface area contributed by atoms with Gasteiger partial charge in [-0.1, -0.05) is 31.2 Å². The Hall–Kier alpha value is -3.16. The van der Waals surface area contributed by atoms with E-state index in [0.29, 0.717) is 30.9 Å². The van der Waals surface area contributed by atoms with E-state index in [0.717, 1.165) is 23.2 Å². The van der Waals surface area contributed by atoms with Crippen LogP contribution in [0.2, 0.25) is 0 Å². The number of benzene rings is 1. The Kier molecular flexibility index (Phi) is 6.15. The van der Waals surface area contributed by atoms with Crippen molar-refractivity contribution in [1.82, 2.24) is 4.90 Å². The van der Waals surface area contributed by atoms with Gasteiger partial charge >= 0.3 is 6.18 Å². The van der Waals surface area contributed by atoms with E-state index in [1.807, 2.05) is 48.4 Å². The van der Waals surface area contributed by atoms with Gasteiger partial charge < -0.3 is 19.3 Å². The molecule has 1 aromatic carbocycles. The van der Waals surface area contributed by atoms with Crippen molar-refractivity contribution in [3.8, 4) is 11.5 Å². The number of anilines is 1. The van der Waals surface area contributed by atoms with Gasteiger partial charge in [-0.15, -0.1) is 0 Å². The zero-order valence-corrected chi connectivity index (χ0v) is 19.8. The minimum Gasteiger partial charge on any atom is -0.454 e. The molecule has 0 saturated heterocycles. The van der Waals surface area contributed by atoms with Crippen molar-refractivity contribution in [2.45, 2.75) is 63.7 Å². The number of carbonyl (C=O) groups excluding carboxylic acids is 1. The lowest BCUT2D eigenvalue weighted by Crippen LogP contribution is -2.38. The van der Waals surface area contributed by atoms with Gasteiger partial charge in [-0.3, -0.25) is 4.79 Å². The van der Waals surface area contributed by atoms with E-state index in [1.165, 1.54) is 6.08 Å². The normalized spacial score (nSPS) is 25.0. The maximum atomic E-state index is 13.1. The fraction of sp³-hybridized carbons (Fsp3) is 0.444. The SMILES string of the molecule is CCC(=O)N1c2cc3c(cc2C(CCN2C=CC=CC2C2=CCC(C(F)(F)F)=CC2)C1C)OCO3. The Morgan fingerprint density at radius 3 is 2.57 bits per heavy atom. The lowest BCUT2D eigenvalue weighted by Gasteiger charge is -2.35. The van der Waals surface area contributed by atoms with Crippen molar-refractivity contribution in [1.29, 1.82) is 0 Å². The van der Waals surface area contributed by atoms with Crippen molar-refractivity contribution < 1.29 is 27.4 Å². The molecule has 4 aliphatic rings. The van der Waals surface area contributed by atoms with Crippen molar-refractivity contribution in [3.63, 3.8) is 0 Å². The van der Waals surface area contributed by atoms with Gasteiger partial charge in [-0.25, -0.2) is 0 Å². The van der Waals surface area contributed by atoms with Crippen molar-refractivity contribution in [2.75, 3.05) is 18.2 Å². The second kappa shape index (κ2) is 9.13. The van der Waals surface area contributed by atoms with Crippen LogP contribution in [0, 0.1) is 0 Å². The molecule has 3 aliphatic heterocycles. The molecule has 0 saturated carbocycles. The summed E-state index contributed by atoms with van der Waals surface area (Å²) in [4.78, 5) is 16.9. The second-order valence-corrected chi connectivity index (χ2v) is 9.34. The van der Waals surface area contributed by atoms with Crippen LogP contribution in [-0.4, -0.2) is 42.4 Å². The number of fused-ring (bicyclic) bond motifs is 2. The van der Waals surface area contributed by atoms with Gasteiger partial charge in [0, 0.05) is 36.6 Å². The lowest BCUT2D eigenvalue weighted by atomic mass is 9.90. The summed E-state index contributed by atoms with van der Waals surface area (Å²) in [5.74, 6) is 1.53. The van der Waals surface area contributed by atoms with Gasteiger partial charge in [-0.05, 0) is 55.7 Å². The number of amides is 1. The number of alkyl halides is 3. The van der Waals surface area contributed by atoms with Crippen LogP contribution >= 0.6 is 0 Å². The molecule has 1 aromatic rings. The summed E-state index contributed by atoms with van der Waals surface area (Å²) in [6.07, 6.45) is 8.10. The first-order valence-electron chi connectivity index (χ1n) is 12.1. The van der Waals surface area contributed by atoms with E-state index in [2.05, 4.69) is 11.8 Å². The molecule has 5 nitrogen and oxygen atoms in total. The fourth-order valence-corrected chi connectivity index (χ4v) is 5.53. The molecule has 35 heavy (non-hydrogen) atoms. The van der Waals surface area contributed by atoms with Gasteiger partial charge in [0.25, 0.3) is 0 Å². The molecule has 0 bridgehead atoms. The lowest BCUT2D eigenvalue weighted by molar-refractivity contribution is -0.118. The highest BCUT2D eigenvalue weighted by atomic mass is 19.4. The molecule has 1 amide bonds. The first-order valence-corrected chi connectivity index (χ1v) is 12.1. The zero-order chi connectivity index (χ0) is 24.7. The molecule has 1 aliphatic carbocycles. The number of hydrogen-bond acceptors (Lipinski definition) is 4. The van der Waals surface area contributed by atoms with E-state index < -0.39 is 11.7 Å². The number of nitrogens with zero attached hydrogens (tertiary/aromatic N) is 2. The Morgan fingerprint density at radius 2 is 1.89 bits per heavy atom. The predicted molar refractivity (Wildman–Crippen MR) is 127 cm³/mol. The average molecular weight is 487 g/mol. The van der Waals surface area contributed by atoms with Crippen LogP contribution in [-0.2, 0) is 4.79 Å². The maximum absolute atomic E-state index is 13.1. The Bertz CT molecular complexity index is 1140. The number of halogens is 3. The number of allylic oxidation sites excluding steroid dienone is 5. The quantitative estimate of drug-likeness (QED) is 0.479. The third kappa shape index (κ3) is 4.34. The van der Waals surface area contributed by atoms with E-state index >= 15 is 0 Å². The molecule has 3 atom stereocenters. The largest absolute Gasteiger partial charge is 0.454 e. The molecule has 0 N–H and O–H groups in total. The van der Waals surface area contributed by atoms with Crippen LogP contribution in [0.15, 0.2) is 59.9 Å². The van der Waals surface area contributed by atoms with Crippen molar-refractivity contribution >= 4 is 11.6 Å². The molecular weight excluding hydrogens is 457 g/mol. The molecule has 0 fully saturated rings. The first-order chi connectivity index (χ1) is 16.8. The Labute approximate surface area is 203 Å². The molecule has 8 heteroatoms. The van der Waals surface area contributed by atoms with Gasteiger partial charge in [0.05, 0.1) is 11.7 Å². The summed E-state index contributed by atoms with van der Waals surface area (Å²) < 4.78 is 50.3. The summed E-state index contributed by atoms with van der Waals surface area (Å²) in [6.45, 7) is 4.81. The average Bonchev–Trinajstić information content (AvgIpc) is 3.41. The number of rotatable bonds is 5. The summed E-state index contributed by atoms with van der Waals surface area (Å²) in [6, 6.07) is 3.81. The molecule has 3 unspecified atom stereocenters. The van der Waals surface area contributed by atoms with E-state index in [-0.39, 0.29) is 37.1 Å². The minimum atomic E-state index is -4.27. The second-order valence-electron chi connectivity index (χ2n) is 9.34. The molecule has 3 heterocycles. The van der Waals surface area contributed by atoms with E-state index in [1.54, 1.807) is 6.08 Å². The van der Waals surface area contributed by atoms with E-state index in [4.69, 9.17) is 9.47 Å². The van der Waals surface area contributed by atoms with Crippen molar-refractivity contribution in [2.24, 2.45) is 0 Å². The third-order valence-corrected chi connectivity index (χ3v) is 7.39. The van der Waals surface area contributed by atoms with Gasteiger partial charge in [0.1, 0.15) is 0 Å². The standard InChI is InChI=1S/C27H29F3N2O3/c1-3-26(33)32-17(2)20(21-14-24-25(15-23(21)32)35-16-34-24)11-13-31-12-5-4-6-22(31)18-7-9-19(10-8-18)27(28,29)30/h4-7,10,12,14-15,17,20,22H,3,8-9,11,13,16H2,1-2H3. The summed E-state index contributed by atoms with van der Waals surface area (Å²) in [7, 11) is 0. The monoisotopic (exact) mass is 486 g/mol. The Morgan fingerprint density at radius 1 is 1.11 bits per heavy atom. The van der Waals surface area contributed by atoms with Gasteiger partial charge in [-0.2, -0.15) is 13.2 Å². The molecule has 0 radical (unpaired) electrons. The Balaban J connectivity index is 1.34. The van der Waals surface area contributed by atoms with Crippen LogP contribution < -0.4 is 14.4 Å². The summed E-state index contributed by atoms with van der Waals surface area (Å²) in [5.41, 5.74) is 2.46. The van der Waals surface area contributed by atoms with Gasteiger partial charge in [0.15, 0.2) is 11.5 Å². The number of ether oxygens (including phenoxy) is 2. The molecule has 0 aromatic heterocycles. The van der Waals surface area contributed by atoms with Crippen LogP contribution in [0.5, 0.6) is 11.5 Å². The van der Waals surface area contributed by atoms with Crippen LogP contribution in [0.1, 0.15) is 51.0 Å². The van der Waals surface area contributed by atoms with Crippen LogP contribution in [0.3, 0.4) is 0 Å². The van der Waals surface area contributed by atoms with E-state index in [9.17, 15) is 18.0 Å². The fourth-order valence-electron chi connectivity index (χ4n) is 5.53. The molecule has 0 spiro atoms. The molecular formula is C27H29F3N2O3.